The Morgan fingerprint density at radius 2 is 1.91 bits per heavy atom. The molecule has 0 amide bonds. The Hall–Kier alpha value is -1.96. The van der Waals surface area contributed by atoms with E-state index in [1.165, 1.54) is 12.6 Å². The highest BCUT2D eigenvalue weighted by Gasteiger charge is 2.31. The molecule has 8 heteroatoms. The highest BCUT2D eigenvalue weighted by molar-refractivity contribution is 5.52. The second-order valence-corrected chi connectivity index (χ2v) is 5.31. The summed E-state index contributed by atoms with van der Waals surface area (Å²) in [6, 6.07) is 0.963. The van der Waals surface area contributed by atoms with E-state index in [-0.39, 0.29) is 11.5 Å². The average molecular weight is 312 g/mol. The first kappa shape index (κ1) is 15.0. The van der Waals surface area contributed by atoms with Crippen molar-refractivity contribution in [3.8, 4) is 11.5 Å². The van der Waals surface area contributed by atoms with Crippen LogP contribution in [0.5, 0.6) is 0 Å². The summed E-state index contributed by atoms with van der Waals surface area (Å²) in [5.74, 6) is 0.542. The number of piperidine rings is 1. The van der Waals surface area contributed by atoms with Crippen LogP contribution in [0.3, 0.4) is 0 Å². The van der Waals surface area contributed by atoms with E-state index in [1.54, 1.807) is 0 Å². The predicted molar refractivity (Wildman–Crippen MR) is 71.7 cm³/mol. The summed E-state index contributed by atoms with van der Waals surface area (Å²) in [5.41, 5.74) is -0.659. The van der Waals surface area contributed by atoms with Crippen molar-refractivity contribution in [3.05, 3.63) is 29.8 Å². The van der Waals surface area contributed by atoms with Gasteiger partial charge in [-0.05, 0) is 32.0 Å². The molecule has 0 bridgehead atoms. The Balaban J connectivity index is 1.75. The first-order valence-corrected chi connectivity index (χ1v) is 7.10. The van der Waals surface area contributed by atoms with Crippen molar-refractivity contribution in [2.24, 2.45) is 0 Å². The van der Waals surface area contributed by atoms with Crippen LogP contribution >= 0.6 is 0 Å². The Morgan fingerprint density at radius 3 is 2.64 bits per heavy atom. The van der Waals surface area contributed by atoms with E-state index in [4.69, 9.17) is 4.52 Å². The summed E-state index contributed by atoms with van der Waals surface area (Å²) in [5, 5.41) is 3.84. The summed E-state index contributed by atoms with van der Waals surface area (Å²) in [6.45, 7) is 2.51. The fraction of sp³-hybridized carbons (Fsp3) is 0.500. The summed E-state index contributed by atoms with van der Waals surface area (Å²) >= 11 is 0. The Bertz CT molecular complexity index is 635. The molecule has 118 valence electrons. The zero-order chi connectivity index (χ0) is 15.6. The first-order chi connectivity index (χ1) is 10.5. The van der Waals surface area contributed by atoms with Gasteiger partial charge in [0, 0.05) is 12.4 Å². The van der Waals surface area contributed by atoms with Crippen molar-refractivity contribution in [2.75, 3.05) is 13.1 Å². The van der Waals surface area contributed by atoms with Crippen molar-refractivity contribution in [3.63, 3.8) is 0 Å². The van der Waals surface area contributed by atoms with Gasteiger partial charge < -0.3 is 4.52 Å². The fourth-order valence-corrected chi connectivity index (χ4v) is 2.46. The summed E-state index contributed by atoms with van der Waals surface area (Å²) in [4.78, 5) is 9.98. The van der Waals surface area contributed by atoms with Gasteiger partial charge in [-0.15, -0.1) is 0 Å². The lowest BCUT2D eigenvalue weighted by Gasteiger charge is -2.24. The standard InChI is InChI=1S/C14H15F3N4O/c15-14(16,17)11-6-10(7-18-8-11)13-19-12(20-22-13)9-21-4-2-1-3-5-21/h6-8H,1-5,9H2. The van der Waals surface area contributed by atoms with Crippen molar-refractivity contribution >= 4 is 0 Å². The second-order valence-electron chi connectivity index (χ2n) is 5.31. The van der Waals surface area contributed by atoms with Crippen LogP contribution in [-0.2, 0) is 12.7 Å². The molecule has 5 nitrogen and oxygen atoms in total. The van der Waals surface area contributed by atoms with E-state index in [9.17, 15) is 13.2 Å². The molecule has 1 aliphatic heterocycles. The van der Waals surface area contributed by atoms with Gasteiger partial charge >= 0.3 is 6.18 Å². The number of hydrogen-bond donors (Lipinski definition) is 0. The SMILES string of the molecule is FC(F)(F)c1cncc(-c2nc(CN3CCCCC3)no2)c1. The molecule has 0 N–H and O–H groups in total. The van der Waals surface area contributed by atoms with Gasteiger partial charge in [-0.1, -0.05) is 11.6 Å². The van der Waals surface area contributed by atoms with E-state index in [2.05, 4.69) is 20.0 Å². The molecule has 22 heavy (non-hydrogen) atoms. The van der Waals surface area contributed by atoms with Crippen LogP contribution in [0.25, 0.3) is 11.5 Å². The van der Waals surface area contributed by atoms with Gasteiger partial charge in [-0.25, -0.2) is 0 Å². The molecule has 0 aromatic carbocycles. The van der Waals surface area contributed by atoms with E-state index in [0.717, 1.165) is 38.2 Å². The molecule has 1 aliphatic rings. The third-order valence-electron chi connectivity index (χ3n) is 3.59. The number of aromatic nitrogens is 3. The van der Waals surface area contributed by atoms with Gasteiger partial charge in [0.15, 0.2) is 5.82 Å². The zero-order valence-electron chi connectivity index (χ0n) is 11.8. The molecule has 0 saturated carbocycles. The number of hydrogen-bond acceptors (Lipinski definition) is 5. The molecule has 0 aliphatic carbocycles. The monoisotopic (exact) mass is 312 g/mol. The smallest absolute Gasteiger partial charge is 0.334 e. The molecular formula is C14H15F3N4O. The molecule has 0 unspecified atom stereocenters. The quantitative estimate of drug-likeness (QED) is 0.871. The minimum absolute atomic E-state index is 0.0607. The van der Waals surface area contributed by atoms with Gasteiger partial charge in [0.25, 0.3) is 5.89 Å². The van der Waals surface area contributed by atoms with Gasteiger partial charge in [-0.3, -0.25) is 9.88 Å². The molecular weight excluding hydrogens is 297 g/mol. The average Bonchev–Trinajstić information content (AvgIpc) is 2.96. The van der Waals surface area contributed by atoms with Crippen molar-refractivity contribution < 1.29 is 17.7 Å². The highest BCUT2D eigenvalue weighted by atomic mass is 19.4. The topological polar surface area (TPSA) is 55.1 Å². The maximum absolute atomic E-state index is 12.7. The van der Waals surface area contributed by atoms with E-state index < -0.39 is 11.7 Å². The van der Waals surface area contributed by atoms with Gasteiger partial charge in [0.05, 0.1) is 17.7 Å². The summed E-state index contributed by atoms with van der Waals surface area (Å²) in [7, 11) is 0. The normalized spacial score (nSPS) is 16.9. The van der Waals surface area contributed by atoms with Crippen LogP contribution < -0.4 is 0 Å². The van der Waals surface area contributed by atoms with Crippen LogP contribution in [0.2, 0.25) is 0 Å². The van der Waals surface area contributed by atoms with E-state index in [0.29, 0.717) is 12.4 Å². The molecule has 3 rings (SSSR count). The summed E-state index contributed by atoms with van der Waals surface area (Å²) < 4.78 is 43.1. The van der Waals surface area contributed by atoms with Crippen LogP contribution in [0, 0.1) is 0 Å². The molecule has 3 heterocycles. The van der Waals surface area contributed by atoms with Crippen LogP contribution in [0.1, 0.15) is 30.7 Å². The van der Waals surface area contributed by atoms with Crippen molar-refractivity contribution in [1.29, 1.82) is 0 Å². The van der Waals surface area contributed by atoms with E-state index in [1.807, 2.05) is 0 Å². The first-order valence-electron chi connectivity index (χ1n) is 7.10. The lowest BCUT2D eigenvalue weighted by molar-refractivity contribution is -0.137. The molecule has 1 saturated heterocycles. The van der Waals surface area contributed by atoms with Crippen LogP contribution in [-0.4, -0.2) is 33.1 Å². The highest BCUT2D eigenvalue weighted by Crippen LogP contribution is 2.31. The third kappa shape index (κ3) is 3.44. The third-order valence-corrected chi connectivity index (χ3v) is 3.59. The Labute approximate surface area is 125 Å². The molecule has 0 spiro atoms. The van der Waals surface area contributed by atoms with Gasteiger partial charge in [0.2, 0.25) is 0 Å². The zero-order valence-corrected chi connectivity index (χ0v) is 11.8. The lowest BCUT2D eigenvalue weighted by atomic mass is 10.1. The maximum atomic E-state index is 12.7. The number of nitrogens with zero attached hydrogens (tertiary/aromatic N) is 4. The fourth-order valence-electron chi connectivity index (χ4n) is 2.46. The van der Waals surface area contributed by atoms with Crippen LogP contribution in [0.4, 0.5) is 13.2 Å². The lowest BCUT2D eigenvalue weighted by Crippen LogP contribution is -2.29. The Kier molecular flexibility index (Phi) is 4.10. The van der Waals surface area contributed by atoms with Crippen molar-refractivity contribution in [1.82, 2.24) is 20.0 Å². The number of likely N-dealkylation sites (tertiary alicyclic amines) is 1. The maximum Gasteiger partial charge on any atom is 0.417 e. The predicted octanol–water partition coefficient (Wildman–Crippen LogP) is 3.14. The number of halogens is 3. The van der Waals surface area contributed by atoms with E-state index >= 15 is 0 Å². The molecule has 1 fully saturated rings. The summed E-state index contributed by atoms with van der Waals surface area (Å²) in [6.07, 6.45) is 1.12. The number of alkyl halides is 3. The molecule has 0 radical (unpaired) electrons. The number of rotatable bonds is 3. The van der Waals surface area contributed by atoms with Crippen LogP contribution in [0.15, 0.2) is 23.0 Å². The number of pyridine rings is 1. The minimum Gasteiger partial charge on any atom is -0.334 e. The largest absolute Gasteiger partial charge is 0.417 e. The minimum atomic E-state index is -4.44. The van der Waals surface area contributed by atoms with Gasteiger partial charge in [-0.2, -0.15) is 18.2 Å². The second kappa shape index (κ2) is 6.04. The van der Waals surface area contributed by atoms with Crippen molar-refractivity contribution in [2.45, 2.75) is 32.0 Å². The van der Waals surface area contributed by atoms with Gasteiger partial charge in [0.1, 0.15) is 0 Å². The molecule has 0 atom stereocenters. The molecule has 2 aromatic heterocycles. The molecule has 2 aromatic rings. The Morgan fingerprint density at radius 1 is 1.14 bits per heavy atom.